The van der Waals surface area contributed by atoms with Gasteiger partial charge in [-0.1, -0.05) is 42.8 Å². The lowest BCUT2D eigenvalue weighted by molar-refractivity contribution is 0.0939. The Kier molecular flexibility index (Phi) is 5.97. The summed E-state index contributed by atoms with van der Waals surface area (Å²) in [6, 6.07) is 15.8. The summed E-state index contributed by atoms with van der Waals surface area (Å²) in [6.45, 7) is 4.38. The third kappa shape index (κ3) is 4.39. The molecule has 2 atom stereocenters. The zero-order valence-corrected chi connectivity index (χ0v) is 16.6. The fourth-order valence-corrected chi connectivity index (χ4v) is 5.21. The van der Waals surface area contributed by atoms with Crippen LogP contribution in [0.1, 0.15) is 55.1 Å². The number of piperidine rings is 1. The molecule has 6 heteroatoms. The first-order valence-corrected chi connectivity index (χ1v) is 10.8. The summed E-state index contributed by atoms with van der Waals surface area (Å²) in [5.74, 6) is -0.282. The normalized spacial score (nSPS) is 19.4. The molecule has 2 aromatic carbocycles. The summed E-state index contributed by atoms with van der Waals surface area (Å²) in [5.41, 5.74) is 1.35. The maximum Gasteiger partial charge on any atom is 0.251 e. The highest BCUT2D eigenvalue weighted by Crippen LogP contribution is 2.25. The Balaban J connectivity index is 1.79. The molecule has 0 bridgehead atoms. The average molecular weight is 387 g/mol. The van der Waals surface area contributed by atoms with Gasteiger partial charge in [-0.15, -0.1) is 0 Å². The van der Waals surface area contributed by atoms with Crippen LogP contribution in [0.25, 0.3) is 0 Å². The standard InChI is InChI=1S/C21H26N2O3S/c1-16-9-6-7-14-23(16)27(25,26)20-13-8-12-19(15-20)21(24)22-17(2)18-10-4-3-5-11-18/h3-5,8,10-13,15-17H,6-7,9,14H2,1-2H3,(H,22,24)/t16-,17-/m1/s1. The number of hydrogen-bond acceptors (Lipinski definition) is 3. The molecule has 1 amide bonds. The van der Waals surface area contributed by atoms with Gasteiger partial charge >= 0.3 is 0 Å². The molecule has 1 N–H and O–H groups in total. The largest absolute Gasteiger partial charge is 0.346 e. The number of sulfonamides is 1. The number of carbonyl (C=O) groups is 1. The molecule has 144 valence electrons. The molecule has 3 rings (SSSR count). The van der Waals surface area contributed by atoms with Gasteiger partial charge in [-0.25, -0.2) is 8.42 Å². The third-order valence-electron chi connectivity index (χ3n) is 5.09. The van der Waals surface area contributed by atoms with Gasteiger partial charge in [0.2, 0.25) is 10.0 Å². The molecule has 0 spiro atoms. The van der Waals surface area contributed by atoms with Crippen molar-refractivity contribution >= 4 is 15.9 Å². The van der Waals surface area contributed by atoms with E-state index in [0.717, 1.165) is 24.8 Å². The molecular formula is C21H26N2O3S. The van der Waals surface area contributed by atoms with Gasteiger partial charge in [0.05, 0.1) is 10.9 Å². The molecule has 0 radical (unpaired) electrons. The highest BCUT2D eigenvalue weighted by Gasteiger charge is 2.31. The molecule has 2 aromatic rings. The Morgan fingerprint density at radius 3 is 2.56 bits per heavy atom. The van der Waals surface area contributed by atoms with Crippen molar-refractivity contribution in [2.24, 2.45) is 0 Å². The monoisotopic (exact) mass is 386 g/mol. The van der Waals surface area contributed by atoms with Crippen LogP contribution >= 0.6 is 0 Å². The fourth-order valence-electron chi connectivity index (χ4n) is 3.47. The second kappa shape index (κ2) is 8.23. The first-order valence-electron chi connectivity index (χ1n) is 9.37. The molecule has 5 nitrogen and oxygen atoms in total. The summed E-state index contributed by atoms with van der Waals surface area (Å²) in [6.07, 6.45) is 2.79. The second-order valence-electron chi connectivity index (χ2n) is 7.09. The van der Waals surface area contributed by atoms with Crippen LogP contribution in [0.2, 0.25) is 0 Å². The van der Waals surface area contributed by atoms with E-state index in [4.69, 9.17) is 0 Å². The van der Waals surface area contributed by atoms with Crippen molar-refractivity contribution in [3.05, 3.63) is 65.7 Å². The van der Waals surface area contributed by atoms with Gasteiger partial charge < -0.3 is 5.32 Å². The van der Waals surface area contributed by atoms with E-state index in [0.29, 0.717) is 12.1 Å². The summed E-state index contributed by atoms with van der Waals surface area (Å²) >= 11 is 0. The molecule has 0 aromatic heterocycles. The summed E-state index contributed by atoms with van der Waals surface area (Å²) < 4.78 is 27.6. The lowest BCUT2D eigenvalue weighted by Gasteiger charge is -2.32. The molecule has 0 saturated carbocycles. The van der Waals surface area contributed by atoms with E-state index in [1.165, 1.54) is 6.07 Å². The van der Waals surface area contributed by atoms with Crippen LogP contribution in [0.15, 0.2) is 59.5 Å². The molecule has 1 saturated heterocycles. The zero-order valence-electron chi connectivity index (χ0n) is 15.8. The fraction of sp³-hybridized carbons (Fsp3) is 0.381. The Bertz CT molecular complexity index is 897. The minimum atomic E-state index is -3.59. The van der Waals surface area contributed by atoms with Gasteiger partial charge in [0.15, 0.2) is 0 Å². The van der Waals surface area contributed by atoms with E-state index in [1.54, 1.807) is 22.5 Å². The van der Waals surface area contributed by atoms with Gasteiger partial charge in [-0.05, 0) is 50.5 Å². The smallest absolute Gasteiger partial charge is 0.251 e. The van der Waals surface area contributed by atoms with Crippen LogP contribution < -0.4 is 5.32 Å². The van der Waals surface area contributed by atoms with E-state index in [2.05, 4.69) is 5.32 Å². The van der Waals surface area contributed by atoms with Crippen molar-refractivity contribution in [3.63, 3.8) is 0 Å². The maximum absolute atomic E-state index is 13.0. The predicted octanol–water partition coefficient (Wildman–Crippen LogP) is 3.74. The minimum absolute atomic E-state index is 0.0145. The van der Waals surface area contributed by atoms with Crippen molar-refractivity contribution in [2.45, 2.75) is 50.1 Å². The molecule has 1 aliphatic heterocycles. The SMILES string of the molecule is C[C@@H]1CCCCN1S(=O)(=O)c1cccc(C(=O)N[C@H](C)c2ccccc2)c1. The number of amides is 1. The summed E-state index contributed by atoms with van der Waals surface area (Å²) in [5, 5.41) is 2.93. The van der Waals surface area contributed by atoms with Gasteiger partial charge in [0, 0.05) is 18.2 Å². The summed E-state index contributed by atoms with van der Waals surface area (Å²) in [7, 11) is -3.59. The Morgan fingerprint density at radius 2 is 1.85 bits per heavy atom. The third-order valence-corrected chi connectivity index (χ3v) is 7.10. The molecular weight excluding hydrogens is 360 g/mol. The van der Waals surface area contributed by atoms with Crippen molar-refractivity contribution in [2.75, 3.05) is 6.54 Å². The minimum Gasteiger partial charge on any atom is -0.346 e. The first-order chi connectivity index (χ1) is 12.9. The van der Waals surface area contributed by atoms with E-state index in [9.17, 15) is 13.2 Å². The van der Waals surface area contributed by atoms with E-state index >= 15 is 0 Å². The highest BCUT2D eigenvalue weighted by atomic mass is 32.2. The maximum atomic E-state index is 13.0. The zero-order chi connectivity index (χ0) is 19.4. The van der Waals surface area contributed by atoms with Crippen LogP contribution in [-0.4, -0.2) is 31.2 Å². The van der Waals surface area contributed by atoms with Crippen molar-refractivity contribution < 1.29 is 13.2 Å². The van der Waals surface area contributed by atoms with Gasteiger partial charge in [0.25, 0.3) is 5.91 Å². The van der Waals surface area contributed by atoms with Crippen LogP contribution in [0, 0.1) is 0 Å². The number of nitrogens with zero attached hydrogens (tertiary/aromatic N) is 1. The average Bonchev–Trinajstić information content (AvgIpc) is 2.69. The lowest BCUT2D eigenvalue weighted by atomic mass is 10.1. The van der Waals surface area contributed by atoms with Crippen molar-refractivity contribution in [3.8, 4) is 0 Å². The lowest BCUT2D eigenvalue weighted by Crippen LogP contribution is -2.42. The number of nitrogens with one attached hydrogen (secondary N) is 1. The topological polar surface area (TPSA) is 66.5 Å². The second-order valence-corrected chi connectivity index (χ2v) is 8.98. The Labute approximate surface area is 161 Å². The van der Waals surface area contributed by atoms with Crippen molar-refractivity contribution in [1.82, 2.24) is 9.62 Å². The predicted molar refractivity (Wildman–Crippen MR) is 106 cm³/mol. The highest BCUT2D eigenvalue weighted by molar-refractivity contribution is 7.89. The van der Waals surface area contributed by atoms with E-state index in [1.807, 2.05) is 44.2 Å². The summed E-state index contributed by atoms with van der Waals surface area (Å²) in [4.78, 5) is 12.8. The quantitative estimate of drug-likeness (QED) is 0.851. The molecule has 0 aliphatic carbocycles. The molecule has 27 heavy (non-hydrogen) atoms. The number of carbonyl (C=O) groups excluding carboxylic acids is 1. The Hall–Kier alpha value is -2.18. The van der Waals surface area contributed by atoms with Crippen molar-refractivity contribution in [1.29, 1.82) is 0 Å². The molecule has 0 unspecified atom stereocenters. The molecule has 1 heterocycles. The molecule has 1 aliphatic rings. The first kappa shape index (κ1) is 19.6. The number of hydrogen-bond donors (Lipinski definition) is 1. The van der Waals surface area contributed by atoms with E-state index < -0.39 is 10.0 Å². The Morgan fingerprint density at radius 1 is 1.11 bits per heavy atom. The van der Waals surface area contributed by atoms with Gasteiger partial charge in [0.1, 0.15) is 0 Å². The van der Waals surface area contributed by atoms with Crippen LogP contribution in [0.3, 0.4) is 0 Å². The van der Waals surface area contributed by atoms with Gasteiger partial charge in [-0.3, -0.25) is 4.79 Å². The number of benzene rings is 2. The van der Waals surface area contributed by atoms with Crippen LogP contribution in [-0.2, 0) is 10.0 Å². The van der Waals surface area contributed by atoms with Crippen LogP contribution in [0.5, 0.6) is 0 Å². The van der Waals surface area contributed by atoms with Gasteiger partial charge in [-0.2, -0.15) is 4.31 Å². The molecule has 1 fully saturated rings. The number of rotatable bonds is 5. The van der Waals surface area contributed by atoms with E-state index in [-0.39, 0.29) is 22.9 Å². The van der Waals surface area contributed by atoms with Crippen LogP contribution in [0.4, 0.5) is 0 Å².